The zero-order valence-corrected chi connectivity index (χ0v) is 9.79. The number of amides is 1. The number of hydrogen-bond donors (Lipinski definition) is 0. The molecule has 1 aliphatic rings. The van der Waals surface area contributed by atoms with E-state index in [2.05, 4.69) is 14.8 Å². The molecule has 17 heavy (non-hydrogen) atoms. The van der Waals surface area contributed by atoms with Crippen LogP contribution in [0.2, 0.25) is 0 Å². The van der Waals surface area contributed by atoms with Gasteiger partial charge in [-0.25, -0.2) is 14.5 Å². The quantitative estimate of drug-likeness (QED) is 0.672. The Labute approximate surface area is 98.4 Å². The molecule has 0 atom stereocenters. The molecule has 92 valence electrons. The summed E-state index contributed by atoms with van der Waals surface area (Å²) in [6.45, 7) is 0.0942. The van der Waals surface area contributed by atoms with Crippen molar-refractivity contribution >= 4 is 11.9 Å². The van der Waals surface area contributed by atoms with Crippen molar-refractivity contribution in [3.05, 3.63) is 12.2 Å². The summed E-state index contributed by atoms with van der Waals surface area (Å²) < 4.78 is 5.82. The molecular weight excluding hydrogens is 224 g/mol. The van der Waals surface area contributed by atoms with Crippen molar-refractivity contribution in [3.63, 3.8) is 0 Å². The van der Waals surface area contributed by atoms with Crippen LogP contribution < -0.4 is 0 Å². The maximum absolute atomic E-state index is 11.8. The van der Waals surface area contributed by atoms with E-state index in [0.29, 0.717) is 6.04 Å². The van der Waals surface area contributed by atoms with Gasteiger partial charge in [0, 0.05) is 13.1 Å². The van der Waals surface area contributed by atoms with Gasteiger partial charge in [-0.3, -0.25) is 4.79 Å². The van der Waals surface area contributed by atoms with Crippen LogP contribution in [0.25, 0.3) is 0 Å². The normalized spacial score (nSPS) is 14.5. The van der Waals surface area contributed by atoms with E-state index in [4.69, 9.17) is 0 Å². The van der Waals surface area contributed by atoms with Gasteiger partial charge in [-0.05, 0) is 12.8 Å². The third kappa shape index (κ3) is 2.61. The molecule has 1 aliphatic carbocycles. The van der Waals surface area contributed by atoms with Gasteiger partial charge in [0.1, 0.15) is 12.9 Å². The molecule has 1 saturated carbocycles. The summed E-state index contributed by atoms with van der Waals surface area (Å²) in [6.07, 6.45) is 3.48. The fraction of sp³-hybridized carbons (Fsp3) is 0.600. The summed E-state index contributed by atoms with van der Waals surface area (Å²) in [5.41, 5.74) is 0. The van der Waals surface area contributed by atoms with E-state index >= 15 is 0 Å². The number of rotatable bonds is 4. The van der Waals surface area contributed by atoms with Crippen molar-refractivity contribution in [2.75, 3.05) is 14.2 Å². The third-order valence-corrected chi connectivity index (χ3v) is 2.69. The number of methoxy groups -OCH3 is 1. The van der Waals surface area contributed by atoms with Crippen molar-refractivity contribution in [3.8, 4) is 0 Å². The van der Waals surface area contributed by atoms with Gasteiger partial charge in [0.05, 0.1) is 7.11 Å². The molecule has 7 nitrogen and oxygen atoms in total. The summed E-state index contributed by atoms with van der Waals surface area (Å²) in [5.74, 6) is -0.671. The van der Waals surface area contributed by atoms with E-state index in [0.717, 1.165) is 12.8 Å². The monoisotopic (exact) mass is 238 g/mol. The van der Waals surface area contributed by atoms with E-state index in [1.807, 2.05) is 0 Å². The minimum atomic E-state index is -0.605. The zero-order valence-electron chi connectivity index (χ0n) is 9.79. The Bertz CT molecular complexity index is 439. The van der Waals surface area contributed by atoms with Crippen molar-refractivity contribution in [1.82, 2.24) is 19.7 Å². The van der Waals surface area contributed by atoms with Crippen LogP contribution in [0.3, 0.4) is 0 Å². The van der Waals surface area contributed by atoms with Crippen LogP contribution in [-0.2, 0) is 16.1 Å². The molecule has 1 fully saturated rings. The second kappa shape index (κ2) is 4.52. The molecule has 0 spiro atoms. The molecule has 1 amide bonds. The van der Waals surface area contributed by atoms with Gasteiger partial charge >= 0.3 is 5.97 Å². The number of likely N-dealkylation sites (N-methyl/N-ethyl adjacent to an activating group) is 1. The number of carbonyl (C=O) groups is 2. The zero-order chi connectivity index (χ0) is 12.4. The number of carbonyl (C=O) groups excluding carboxylic acids is 2. The van der Waals surface area contributed by atoms with E-state index in [1.165, 1.54) is 18.1 Å². The van der Waals surface area contributed by atoms with Crippen LogP contribution in [0.5, 0.6) is 0 Å². The van der Waals surface area contributed by atoms with Crippen LogP contribution in [-0.4, -0.2) is 51.7 Å². The highest BCUT2D eigenvalue weighted by atomic mass is 16.5. The van der Waals surface area contributed by atoms with Gasteiger partial charge in [0.15, 0.2) is 0 Å². The first kappa shape index (κ1) is 11.6. The van der Waals surface area contributed by atoms with E-state index in [1.54, 1.807) is 11.9 Å². The Balaban J connectivity index is 1.96. The Hall–Kier alpha value is -1.92. The summed E-state index contributed by atoms with van der Waals surface area (Å²) in [6, 6.07) is 0.367. The summed E-state index contributed by atoms with van der Waals surface area (Å²) in [5, 5.41) is 3.87. The fourth-order valence-electron chi connectivity index (χ4n) is 1.47. The molecule has 1 aromatic heterocycles. The lowest BCUT2D eigenvalue weighted by molar-refractivity contribution is -0.131. The smallest absolute Gasteiger partial charge is 0.377 e. The van der Waals surface area contributed by atoms with Crippen LogP contribution in [0.1, 0.15) is 23.5 Å². The Morgan fingerprint density at radius 1 is 1.59 bits per heavy atom. The molecule has 0 aromatic carbocycles. The molecule has 0 saturated heterocycles. The van der Waals surface area contributed by atoms with E-state index in [9.17, 15) is 9.59 Å². The fourth-order valence-corrected chi connectivity index (χ4v) is 1.47. The lowest BCUT2D eigenvalue weighted by atomic mass is 10.5. The standard InChI is InChI=1S/C10H14N4O3/c1-13(7-3-4-7)8(15)5-14-6-11-9(12-14)10(16)17-2/h6-7H,3-5H2,1-2H3. The first-order valence-electron chi connectivity index (χ1n) is 5.35. The van der Waals surface area contributed by atoms with Gasteiger partial charge < -0.3 is 9.64 Å². The maximum atomic E-state index is 11.8. The van der Waals surface area contributed by atoms with Gasteiger partial charge in [0.25, 0.3) is 5.82 Å². The first-order valence-corrected chi connectivity index (χ1v) is 5.35. The largest absolute Gasteiger partial charge is 0.463 e. The summed E-state index contributed by atoms with van der Waals surface area (Å²) in [4.78, 5) is 28.3. The maximum Gasteiger partial charge on any atom is 0.377 e. The molecule has 0 N–H and O–H groups in total. The number of esters is 1. The average Bonchev–Trinajstić information content (AvgIpc) is 3.08. The molecule has 2 rings (SSSR count). The Morgan fingerprint density at radius 3 is 2.88 bits per heavy atom. The molecular formula is C10H14N4O3. The van der Waals surface area contributed by atoms with Gasteiger partial charge in [-0.1, -0.05) is 0 Å². The minimum absolute atomic E-state index is 0.0330. The molecule has 0 aliphatic heterocycles. The van der Waals surface area contributed by atoms with Gasteiger partial charge in [-0.2, -0.15) is 0 Å². The topological polar surface area (TPSA) is 77.3 Å². The molecule has 1 heterocycles. The second-order valence-electron chi connectivity index (χ2n) is 3.99. The van der Waals surface area contributed by atoms with Crippen LogP contribution in [0, 0.1) is 0 Å². The van der Waals surface area contributed by atoms with Crippen LogP contribution in [0.4, 0.5) is 0 Å². The van der Waals surface area contributed by atoms with E-state index in [-0.39, 0.29) is 18.3 Å². The molecule has 0 bridgehead atoms. The molecule has 0 radical (unpaired) electrons. The van der Waals surface area contributed by atoms with Crippen molar-refractivity contribution < 1.29 is 14.3 Å². The summed E-state index contributed by atoms with van der Waals surface area (Å²) >= 11 is 0. The number of nitrogens with zero attached hydrogens (tertiary/aromatic N) is 4. The lowest BCUT2D eigenvalue weighted by Crippen LogP contribution is -2.32. The molecule has 0 unspecified atom stereocenters. The first-order chi connectivity index (χ1) is 8.11. The SMILES string of the molecule is COC(=O)c1ncn(CC(=O)N(C)C2CC2)n1. The van der Waals surface area contributed by atoms with Crippen molar-refractivity contribution in [2.45, 2.75) is 25.4 Å². The van der Waals surface area contributed by atoms with Crippen molar-refractivity contribution in [1.29, 1.82) is 0 Å². The highest BCUT2D eigenvalue weighted by molar-refractivity contribution is 5.84. The lowest BCUT2D eigenvalue weighted by Gasteiger charge is -2.15. The van der Waals surface area contributed by atoms with Crippen LogP contribution in [0.15, 0.2) is 6.33 Å². The van der Waals surface area contributed by atoms with Crippen molar-refractivity contribution in [2.24, 2.45) is 0 Å². The second-order valence-corrected chi connectivity index (χ2v) is 3.99. The average molecular weight is 238 g/mol. The highest BCUT2D eigenvalue weighted by Crippen LogP contribution is 2.25. The van der Waals surface area contributed by atoms with Gasteiger partial charge in [-0.15, -0.1) is 5.10 Å². The van der Waals surface area contributed by atoms with E-state index < -0.39 is 5.97 Å². The molecule has 7 heteroatoms. The summed E-state index contributed by atoms with van der Waals surface area (Å²) in [7, 11) is 3.03. The highest BCUT2D eigenvalue weighted by Gasteiger charge is 2.29. The number of hydrogen-bond acceptors (Lipinski definition) is 5. The predicted molar refractivity (Wildman–Crippen MR) is 57.2 cm³/mol. The number of aromatic nitrogens is 3. The third-order valence-electron chi connectivity index (χ3n) is 2.69. The number of ether oxygens (including phenoxy) is 1. The molecule has 1 aromatic rings. The minimum Gasteiger partial charge on any atom is -0.463 e. The van der Waals surface area contributed by atoms with Crippen LogP contribution >= 0.6 is 0 Å². The predicted octanol–water partition coefficient (Wildman–Crippen LogP) is -0.315. The Morgan fingerprint density at radius 2 is 2.29 bits per heavy atom. The Kier molecular flexibility index (Phi) is 3.08. The van der Waals surface area contributed by atoms with Gasteiger partial charge in [0.2, 0.25) is 5.91 Å².